The first-order chi connectivity index (χ1) is 9.56. The zero-order chi connectivity index (χ0) is 14.4. The third-order valence-corrected chi connectivity index (χ3v) is 5.60. The summed E-state index contributed by atoms with van der Waals surface area (Å²) in [6.45, 7) is 4.21. The van der Waals surface area contributed by atoms with Crippen molar-refractivity contribution in [2.45, 2.75) is 19.4 Å². The maximum Gasteiger partial charge on any atom is 0.122 e. The summed E-state index contributed by atoms with van der Waals surface area (Å²) in [4.78, 5) is 0. The Bertz CT molecular complexity index is 632. The van der Waals surface area contributed by atoms with Crippen LogP contribution in [0.15, 0.2) is 24.3 Å². The van der Waals surface area contributed by atoms with Gasteiger partial charge in [0, 0.05) is 10.2 Å². The van der Waals surface area contributed by atoms with Crippen molar-refractivity contribution >= 4 is 10.2 Å². The van der Waals surface area contributed by atoms with Crippen LogP contribution in [0.2, 0.25) is 0 Å². The van der Waals surface area contributed by atoms with E-state index < -0.39 is 0 Å². The highest BCUT2D eigenvalue weighted by molar-refractivity contribution is 6.17. The van der Waals surface area contributed by atoms with Crippen molar-refractivity contribution < 1.29 is 9.47 Å². The molecule has 0 saturated heterocycles. The largest absolute Gasteiger partial charge is 0.496 e. The normalized spacial score (nSPS) is 13.2. The first-order valence-corrected chi connectivity index (χ1v) is 8.09. The van der Waals surface area contributed by atoms with Crippen LogP contribution in [0.25, 0.3) is 11.1 Å². The Morgan fingerprint density at radius 1 is 0.800 bits per heavy atom. The smallest absolute Gasteiger partial charge is 0.122 e. The second-order valence-corrected chi connectivity index (χ2v) is 6.69. The van der Waals surface area contributed by atoms with E-state index in [4.69, 9.17) is 9.47 Å². The van der Waals surface area contributed by atoms with Crippen molar-refractivity contribution in [1.29, 1.82) is 0 Å². The molecule has 0 aromatic heterocycles. The molecule has 1 aliphatic rings. The van der Waals surface area contributed by atoms with Gasteiger partial charge in [0.1, 0.15) is 11.5 Å². The molecule has 0 unspecified atom stereocenters. The Morgan fingerprint density at radius 3 is 1.55 bits per heavy atom. The van der Waals surface area contributed by atoms with Crippen LogP contribution in [-0.4, -0.2) is 24.5 Å². The molecule has 0 heterocycles. The monoisotopic (exact) mass is 284 g/mol. The van der Waals surface area contributed by atoms with E-state index >= 15 is 0 Å². The molecule has 0 atom stereocenters. The summed E-state index contributed by atoms with van der Waals surface area (Å²) in [6, 6.07) is 8.95. The molecule has 3 heteroatoms. The second kappa shape index (κ2) is 4.67. The van der Waals surface area contributed by atoms with Gasteiger partial charge in [0.25, 0.3) is 0 Å². The third kappa shape index (κ3) is 1.77. The maximum atomic E-state index is 5.48. The number of hydrogen-bond acceptors (Lipinski definition) is 2. The highest BCUT2D eigenvalue weighted by atomic mass is 28.1. The fourth-order valence-electron chi connectivity index (χ4n) is 3.20. The quantitative estimate of drug-likeness (QED) is 0.790. The number of ether oxygens (including phenoxy) is 2. The fraction of sp³-hybridized carbons (Fsp3) is 0.294. The van der Waals surface area contributed by atoms with Gasteiger partial charge < -0.3 is 9.47 Å². The van der Waals surface area contributed by atoms with E-state index in [9.17, 15) is 0 Å². The van der Waals surface area contributed by atoms with E-state index in [0.717, 1.165) is 21.7 Å². The lowest BCUT2D eigenvalue weighted by atomic mass is 10.0. The lowest BCUT2D eigenvalue weighted by molar-refractivity contribution is 0.411. The van der Waals surface area contributed by atoms with Gasteiger partial charge in [0.05, 0.1) is 14.2 Å². The molecule has 0 amide bonds. The summed E-state index contributed by atoms with van der Waals surface area (Å²) in [5, 5.41) is 0. The van der Waals surface area contributed by atoms with Crippen molar-refractivity contribution in [2.75, 3.05) is 14.2 Å². The number of hydrogen-bond donors (Lipinski definition) is 0. The molecule has 0 aliphatic heterocycles. The summed E-state index contributed by atoms with van der Waals surface area (Å²) < 4.78 is 11.0. The van der Waals surface area contributed by atoms with Gasteiger partial charge in [0.15, 0.2) is 0 Å². The number of aryl methyl sites for hydroxylation is 2. The Balaban J connectivity index is 2.25. The predicted molar refractivity (Wildman–Crippen MR) is 86.2 cm³/mol. The van der Waals surface area contributed by atoms with Crippen LogP contribution >= 0.6 is 0 Å². The maximum absolute atomic E-state index is 5.48. The van der Waals surface area contributed by atoms with Crippen molar-refractivity contribution in [3.63, 3.8) is 0 Å². The Hall–Kier alpha value is -1.74. The van der Waals surface area contributed by atoms with Crippen LogP contribution in [-0.2, 0) is 0 Å². The second-order valence-electron chi connectivity index (χ2n) is 5.54. The van der Waals surface area contributed by atoms with Gasteiger partial charge in [0.2, 0.25) is 0 Å². The van der Waals surface area contributed by atoms with Gasteiger partial charge in [-0.15, -0.1) is 0 Å². The number of benzene rings is 2. The van der Waals surface area contributed by atoms with Gasteiger partial charge >= 0.3 is 0 Å². The third-order valence-electron chi connectivity index (χ3n) is 4.36. The van der Waals surface area contributed by atoms with Crippen molar-refractivity contribution in [2.24, 2.45) is 0 Å². The predicted octanol–water partition coefficient (Wildman–Crippen LogP) is 2.76. The standard InChI is InChI=1S/C17H20O2Si/c1-9-5-11-12-6-10(2)16(19-4)8-14(12)17(20)13(11)7-15(9)18-3/h5-8,17H,1-4,20H3. The summed E-state index contributed by atoms with van der Waals surface area (Å²) in [5.41, 5.74) is 8.45. The minimum atomic E-state index is 0.518. The SMILES string of the molecule is COc1cc2c(cc1C)-c1cc(C)c(OC)cc1C2[SiH3]. The Morgan fingerprint density at radius 2 is 1.20 bits per heavy atom. The number of rotatable bonds is 2. The van der Waals surface area contributed by atoms with E-state index in [1.807, 2.05) is 0 Å². The number of methoxy groups -OCH3 is 2. The van der Waals surface area contributed by atoms with E-state index in [1.165, 1.54) is 33.4 Å². The van der Waals surface area contributed by atoms with Crippen LogP contribution in [0.4, 0.5) is 0 Å². The van der Waals surface area contributed by atoms with E-state index in [-0.39, 0.29) is 0 Å². The van der Waals surface area contributed by atoms with Gasteiger partial charge in [-0.3, -0.25) is 0 Å². The zero-order valence-electron chi connectivity index (χ0n) is 12.7. The molecule has 2 nitrogen and oxygen atoms in total. The van der Waals surface area contributed by atoms with Crippen LogP contribution in [0.1, 0.15) is 27.8 Å². The summed E-state index contributed by atoms with van der Waals surface area (Å²) in [5.74, 6) is 1.97. The van der Waals surface area contributed by atoms with Crippen LogP contribution < -0.4 is 9.47 Å². The molecule has 1 aliphatic carbocycles. The fourth-order valence-corrected chi connectivity index (χ4v) is 4.15. The summed E-state index contributed by atoms with van der Waals surface area (Å²) >= 11 is 0. The lowest BCUT2D eigenvalue weighted by Crippen LogP contribution is -1.97. The lowest BCUT2D eigenvalue weighted by Gasteiger charge is -2.11. The molecule has 2 aromatic carbocycles. The van der Waals surface area contributed by atoms with Crippen LogP contribution in [0.5, 0.6) is 11.5 Å². The summed E-state index contributed by atoms with van der Waals surface area (Å²) in [6.07, 6.45) is 0. The Kier molecular flexibility index (Phi) is 3.09. The first-order valence-electron chi connectivity index (χ1n) is 6.94. The van der Waals surface area contributed by atoms with Gasteiger partial charge in [-0.1, -0.05) is 0 Å². The topological polar surface area (TPSA) is 18.5 Å². The van der Waals surface area contributed by atoms with E-state index in [1.54, 1.807) is 14.2 Å². The van der Waals surface area contributed by atoms with E-state index in [2.05, 4.69) is 38.1 Å². The molecule has 104 valence electrons. The van der Waals surface area contributed by atoms with Gasteiger partial charge in [-0.2, -0.15) is 0 Å². The molecule has 3 rings (SSSR count). The van der Waals surface area contributed by atoms with E-state index in [0.29, 0.717) is 5.54 Å². The molecule has 0 bridgehead atoms. The molecule has 0 fully saturated rings. The molecule has 0 saturated carbocycles. The van der Waals surface area contributed by atoms with Crippen molar-refractivity contribution in [1.82, 2.24) is 0 Å². The average molecular weight is 284 g/mol. The zero-order valence-corrected chi connectivity index (χ0v) is 14.7. The van der Waals surface area contributed by atoms with Crippen LogP contribution in [0, 0.1) is 13.8 Å². The Labute approximate surface area is 123 Å². The highest BCUT2D eigenvalue weighted by Crippen LogP contribution is 2.47. The average Bonchev–Trinajstić information content (AvgIpc) is 2.69. The van der Waals surface area contributed by atoms with Crippen molar-refractivity contribution in [3.05, 3.63) is 46.5 Å². The molecular weight excluding hydrogens is 264 g/mol. The molecule has 0 spiro atoms. The highest BCUT2D eigenvalue weighted by Gasteiger charge is 2.27. The first kappa shape index (κ1) is 13.2. The van der Waals surface area contributed by atoms with Gasteiger partial charge in [-0.05, 0) is 77.0 Å². The van der Waals surface area contributed by atoms with Crippen molar-refractivity contribution in [3.8, 4) is 22.6 Å². The minimum Gasteiger partial charge on any atom is -0.496 e. The molecule has 20 heavy (non-hydrogen) atoms. The molecule has 0 N–H and O–H groups in total. The molecule has 2 aromatic rings. The minimum absolute atomic E-state index is 0.518. The summed E-state index contributed by atoms with van der Waals surface area (Å²) in [7, 11) is 4.58. The molecule has 0 radical (unpaired) electrons. The van der Waals surface area contributed by atoms with Crippen LogP contribution in [0.3, 0.4) is 0 Å². The van der Waals surface area contributed by atoms with Gasteiger partial charge in [-0.25, -0.2) is 0 Å². The number of fused-ring (bicyclic) bond motifs is 3. The molecular formula is C17H20O2Si.